The molecule has 114 valence electrons. The van der Waals surface area contributed by atoms with Crippen LogP contribution in [0.2, 0.25) is 5.02 Å². The van der Waals surface area contributed by atoms with E-state index in [1.807, 2.05) is 24.3 Å². The van der Waals surface area contributed by atoms with Gasteiger partial charge in [-0.1, -0.05) is 29.8 Å². The van der Waals surface area contributed by atoms with Gasteiger partial charge in [0.2, 0.25) is 5.91 Å². The lowest BCUT2D eigenvalue weighted by Gasteiger charge is -2.43. The van der Waals surface area contributed by atoms with Crippen molar-refractivity contribution in [3.63, 3.8) is 0 Å². The van der Waals surface area contributed by atoms with E-state index in [-0.39, 0.29) is 18.0 Å². The van der Waals surface area contributed by atoms with Crippen LogP contribution in [0.4, 0.5) is 0 Å². The number of ether oxygens (including phenoxy) is 1. The number of piperidine rings is 1. The fraction of sp³-hybridized carbons (Fsp3) is 0.562. The topological polar surface area (TPSA) is 41.6 Å². The highest BCUT2D eigenvalue weighted by molar-refractivity contribution is 6.31. The molecule has 0 bridgehead atoms. The van der Waals surface area contributed by atoms with Crippen LogP contribution in [-0.2, 0) is 9.53 Å². The summed E-state index contributed by atoms with van der Waals surface area (Å²) in [6, 6.07) is 8.38. The lowest BCUT2D eigenvalue weighted by atomic mass is 9.91. The summed E-state index contributed by atoms with van der Waals surface area (Å²) >= 11 is 6.28. The third-order valence-corrected chi connectivity index (χ3v) is 4.78. The van der Waals surface area contributed by atoms with Crippen molar-refractivity contribution in [1.82, 2.24) is 10.2 Å². The molecule has 0 aromatic heterocycles. The van der Waals surface area contributed by atoms with Crippen LogP contribution in [0.3, 0.4) is 0 Å². The fourth-order valence-electron chi connectivity index (χ4n) is 3.38. The van der Waals surface area contributed by atoms with Gasteiger partial charge in [-0.25, -0.2) is 0 Å². The van der Waals surface area contributed by atoms with E-state index >= 15 is 0 Å². The van der Waals surface area contributed by atoms with E-state index in [1.54, 1.807) is 0 Å². The first-order valence-electron chi connectivity index (χ1n) is 7.52. The zero-order valence-corrected chi connectivity index (χ0v) is 13.0. The molecule has 0 radical (unpaired) electrons. The van der Waals surface area contributed by atoms with Gasteiger partial charge in [-0.3, -0.25) is 9.69 Å². The Morgan fingerprint density at radius 3 is 2.95 bits per heavy atom. The van der Waals surface area contributed by atoms with Crippen LogP contribution >= 0.6 is 11.6 Å². The summed E-state index contributed by atoms with van der Waals surface area (Å²) in [5.41, 5.74) is 1.01. The van der Waals surface area contributed by atoms with Gasteiger partial charge in [-0.2, -0.15) is 0 Å². The number of nitrogens with one attached hydrogen (secondary N) is 1. The highest BCUT2D eigenvalue weighted by Crippen LogP contribution is 2.32. The molecular weight excluding hydrogens is 288 g/mol. The molecule has 2 saturated heterocycles. The molecule has 3 atom stereocenters. The van der Waals surface area contributed by atoms with Crippen molar-refractivity contribution in [2.45, 2.75) is 37.9 Å². The zero-order valence-electron chi connectivity index (χ0n) is 12.2. The maximum atomic E-state index is 12.1. The number of hydrogen-bond donors (Lipinski definition) is 1. The van der Waals surface area contributed by atoms with Gasteiger partial charge in [0.05, 0.1) is 19.3 Å². The number of benzene rings is 1. The summed E-state index contributed by atoms with van der Waals surface area (Å²) in [5, 5.41) is 3.80. The van der Waals surface area contributed by atoms with Crippen molar-refractivity contribution >= 4 is 17.5 Å². The first kappa shape index (κ1) is 14.8. The largest absolute Gasteiger partial charge is 0.379 e. The molecule has 0 saturated carbocycles. The SMILES string of the molecule is C[C@@H]1COCCN1C1CC(=O)NC(c2ccccc2Cl)C1. The quantitative estimate of drug-likeness (QED) is 0.912. The summed E-state index contributed by atoms with van der Waals surface area (Å²) in [5.74, 6) is 0.106. The number of morpholine rings is 1. The minimum Gasteiger partial charge on any atom is -0.379 e. The van der Waals surface area contributed by atoms with Crippen molar-refractivity contribution in [3.05, 3.63) is 34.9 Å². The minimum absolute atomic E-state index is 0.00000472. The number of amides is 1. The Kier molecular flexibility index (Phi) is 4.48. The van der Waals surface area contributed by atoms with E-state index in [9.17, 15) is 4.79 Å². The molecule has 2 unspecified atom stereocenters. The molecule has 4 nitrogen and oxygen atoms in total. The lowest BCUT2D eigenvalue weighted by Crippen LogP contribution is -2.54. The predicted molar refractivity (Wildman–Crippen MR) is 82.3 cm³/mol. The maximum absolute atomic E-state index is 12.1. The number of carbonyl (C=O) groups is 1. The monoisotopic (exact) mass is 308 g/mol. The third-order valence-electron chi connectivity index (χ3n) is 4.43. The van der Waals surface area contributed by atoms with Gasteiger partial charge in [0, 0.05) is 30.1 Å². The summed E-state index contributed by atoms with van der Waals surface area (Å²) in [6.07, 6.45) is 1.46. The Balaban J connectivity index is 1.78. The zero-order chi connectivity index (χ0) is 14.8. The van der Waals surface area contributed by atoms with Crippen molar-refractivity contribution in [3.8, 4) is 0 Å². The van der Waals surface area contributed by atoms with Crippen molar-refractivity contribution in [2.24, 2.45) is 0 Å². The van der Waals surface area contributed by atoms with Gasteiger partial charge in [-0.15, -0.1) is 0 Å². The Morgan fingerprint density at radius 2 is 2.19 bits per heavy atom. The average Bonchev–Trinajstić information content (AvgIpc) is 2.47. The number of halogens is 1. The molecular formula is C16H21ClN2O2. The Bertz CT molecular complexity index is 523. The van der Waals surface area contributed by atoms with Crippen molar-refractivity contribution < 1.29 is 9.53 Å². The van der Waals surface area contributed by atoms with Crippen LogP contribution in [0.15, 0.2) is 24.3 Å². The van der Waals surface area contributed by atoms with Gasteiger partial charge in [0.1, 0.15) is 0 Å². The predicted octanol–water partition coefficient (Wildman–Crippen LogP) is 2.38. The Hall–Kier alpha value is -1.10. The van der Waals surface area contributed by atoms with Crippen LogP contribution in [0, 0.1) is 0 Å². The second-order valence-corrected chi connectivity index (χ2v) is 6.30. The van der Waals surface area contributed by atoms with E-state index in [2.05, 4.69) is 17.1 Å². The molecule has 1 aromatic rings. The standard InChI is InChI=1S/C16H21ClN2O2/c1-11-10-21-7-6-19(11)12-8-15(18-16(20)9-12)13-4-2-3-5-14(13)17/h2-5,11-12,15H,6-10H2,1H3,(H,18,20)/t11-,12?,15?/m1/s1. The fourth-order valence-corrected chi connectivity index (χ4v) is 3.65. The molecule has 21 heavy (non-hydrogen) atoms. The first-order valence-corrected chi connectivity index (χ1v) is 7.90. The maximum Gasteiger partial charge on any atom is 0.222 e. The molecule has 2 aliphatic rings. The van der Waals surface area contributed by atoms with Crippen molar-refractivity contribution in [1.29, 1.82) is 0 Å². The number of nitrogens with zero attached hydrogens (tertiary/aromatic N) is 1. The van der Waals surface area contributed by atoms with Gasteiger partial charge in [-0.05, 0) is 25.0 Å². The normalized spacial score (nSPS) is 31.0. The Morgan fingerprint density at radius 1 is 1.38 bits per heavy atom. The third kappa shape index (κ3) is 3.23. The molecule has 1 aromatic carbocycles. The molecule has 1 N–H and O–H groups in total. The van der Waals surface area contributed by atoms with Crippen molar-refractivity contribution in [2.75, 3.05) is 19.8 Å². The molecule has 1 amide bonds. The van der Waals surface area contributed by atoms with Gasteiger partial charge in [0.15, 0.2) is 0 Å². The number of rotatable bonds is 2. The van der Waals surface area contributed by atoms with E-state index in [4.69, 9.17) is 16.3 Å². The van der Waals surface area contributed by atoms with E-state index in [0.29, 0.717) is 12.5 Å². The second kappa shape index (κ2) is 6.34. The average molecular weight is 309 g/mol. The highest BCUT2D eigenvalue weighted by atomic mass is 35.5. The van der Waals surface area contributed by atoms with Crippen LogP contribution in [-0.4, -0.2) is 42.6 Å². The minimum atomic E-state index is -0.00000472. The summed E-state index contributed by atoms with van der Waals surface area (Å²) in [7, 11) is 0. The van der Waals surface area contributed by atoms with Gasteiger partial charge in [0.25, 0.3) is 0 Å². The van der Waals surface area contributed by atoms with Crippen LogP contribution < -0.4 is 5.32 Å². The smallest absolute Gasteiger partial charge is 0.222 e. The highest BCUT2D eigenvalue weighted by Gasteiger charge is 2.35. The van der Waals surface area contributed by atoms with E-state index < -0.39 is 0 Å². The van der Waals surface area contributed by atoms with Crippen LogP contribution in [0.5, 0.6) is 0 Å². The van der Waals surface area contributed by atoms with Crippen LogP contribution in [0.1, 0.15) is 31.4 Å². The number of hydrogen-bond acceptors (Lipinski definition) is 3. The summed E-state index contributed by atoms with van der Waals surface area (Å²) in [4.78, 5) is 14.5. The molecule has 5 heteroatoms. The van der Waals surface area contributed by atoms with Crippen LogP contribution in [0.25, 0.3) is 0 Å². The molecule has 0 spiro atoms. The first-order chi connectivity index (χ1) is 10.1. The molecule has 3 rings (SSSR count). The molecule has 2 fully saturated rings. The van der Waals surface area contributed by atoms with Gasteiger partial charge >= 0.3 is 0 Å². The number of carbonyl (C=O) groups excluding carboxylic acids is 1. The lowest BCUT2D eigenvalue weighted by molar-refractivity contribution is -0.127. The van der Waals surface area contributed by atoms with E-state index in [1.165, 1.54) is 0 Å². The second-order valence-electron chi connectivity index (χ2n) is 5.90. The summed E-state index contributed by atoms with van der Waals surface area (Å²) < 4.78 is 5.50. The Labute approximate surface area is 130 Å². The molecule has 2 heterocycles. The van der Waals surface area contributed by atoms with E-state index in [0.717, 1.165) is 36.8 Å². The molecule has 2 aliphatic heterocycles. The molecule has 0 aliphatic carbocycles. The summed E-state index contributed by atoms with van der Waals surface area (Å²) in [6.45, 7) is 4.55. The van der Waals surface area contributed by atoms with Gasteiger partial charge < -0.3 is 10.1 Å².